The minimum atomic E-state index is -4.66. The number of nitrogens with one attached hydrogen (secondary N) is 1. The number of hydrogen-bond donors (Lipinski definition) is 1. The molecule has 0 radical (unpaired) electrons. The van der Waals surface area contributed by atoms with Crippen molar-refractivity contribution in [2.45, 2.75) is 32.9 Å². The van der Waals surface area contributed by atoms with Crippen molar-refractivity contribution in [2.75, 3.05) is 13.2 Å². The molecular formula is C19H20F3N3O4. The third-order valence-electron chi connectivity index (χ3n) is 3.93. The molecule has 29 heavy (non-hydrogen) atoms. The SMILES string of the molecule is CCCCNC(=O)COC(=O)c1nn(-c2ccccc2C(F)(F)F)c(C)cc1=O. The van der Waals surface area contributed by atoms with Crippen molar-refractivity contribution in [3.05, 3.63) is 57.5 Å². The lowest BCUT2D eigenvalue weighted by atomic mass is 10.1. The highest BCUT2D eigenvalue weighted by Gasteiger charge is 2.34. The van der Waals surface area contributed by atoms with E-state index in [2.05, 4.69) is 10.4 Å². The average molecular weight is 411 g/mol. The van der Waals surface area contributed by atoms with Crippen LogP contribution >= 0.6 is 0 Å². The molecule has 0 saturated carbocycles. The van der Waals surface area contributed by atoms with Crippen molar-refractivity contribution in [1.82, 2.24) is 15.1 Å². The second-order valence-electron chi connectivity index (χ2n) is 6.20. The van der Waals surface area contributed by atoms with Crippen LogP contribution in [0, 0.1) is 6.92 Å². The predicted molar refractivity (Wildman–Crippen MR) is 97.8 cm³/mol. The molecule has 2 rings (SSSR count). The third-order valence-corrected chi connectivity index (χ3v) is 3.93. The van der Waals surface area contributed by atoms with Gasteiger partial charge in [0.1, 0.15) is 0 Å². The van der Waals surface area contributed by atoms with Crippen LogP contribution in [0.5, 0.6) is 0 Å². The highest BCUT2D eigenvalue weighted by molar-refractivity contribution is 5.89. The maximum Gasteiger partial charge on any atom is 0.418 e. The van der Waals surface area contributed by atoms with Crippen LogP contribution in [0.1, 0.15) is 41.5 Å². The van der Waals surface area contributed by atoms with Gasteiger partial charge in [0.2, 0.25) is 11.1 Å². The number of ether oxygens (including phenoxy) is 1. The summed E-state index contributed by atoms with van der Waals surface area (Å²) in [7, 11) is 0. The van der Waals surface area contributed by atoms with Gasteiger partial charge in [-0.3, -0.25) is 9.59 Å². The van der Waals surface area contributed by atoms with Crippen LogP contribution in [0.2, 0.25) is 0 Å². The first-order valence-electron chi connectivity index (χ1n) is 8.86. The number of benzene rings is 1. The Bertz CT molecular complexity index is 954. The molecule has 1 aromatic carbocycles. The van der Waals surface area contributed by atoms with E-state index >= 15 is 0 Å². The van der Waals surface area contributed by atoms with E-state index in [9.17, 15) is 27.6 Å². The minimum Gasteiger partial charge on any atom is -0.451 e. The lowest BCUT2D eigenvalue weighted by molar-refractivity contribution is -0.137. The molecule has 156 valence electrons. The fraction of sp³-hybridized carbons (Fsp3) is 0.368. The number of unbranched alkanes of at least 4 members (excludes halogenated alkanes) is 1. The summed E-state index contributed by atoms with van der Waals surface area (Å²) < 4.78 is 45.5. The maximum atomic E-state index is 13.3. The molecule has 0 fully saturated rings. The van der Waals surface area contributed by atoms with Gasteiger partial charge in [-0.15, -0.1) is 0 Å². The largest absolute Gasteiger partial charge is 0.451 e. The Hall–Kier alpha value is -3.17. The van der Waals surface area contributed by atoms with Crippen LogP contribution in [0.4, 0.5) is 13.2 Å². The zero-order valence-corrected chi connectivity index (χ0v) is 15.9. The monoisotopic (exact) mass is 411 g/mol. The maximum absolute atomic E-state index is 13.3. The summed E-state index contributed by atoms with van der Waals surface area (Å²) in [6.07, 6.45) is -3.04. The van der Waals surface area contributed by atoms with Crippen LogP contribution < -0.4 is 10.7 Å². The van der Waals surface area contributed by atoms with Gasteiger partial charge < -0.3 is 10.1 Å². The third kappa shape index (κ3) is 5.66. The molecule has 0 aliphatic rings. The number of para-hydroxylation sites is 1. The summed E-state index contributed by atoms with van der Waals surface area (Å²) in [6.45, 7) is 3.11. The van der Waals surface area contributed by atoms with Crippen LogP contribution in [-0.2, 0) is 15.7 Å². The highest BCUT2D eigenvalue weighted by Crippen LogP contribution is 2.33. The van der Waals surface area contributed by atoms with Crippen LogP contribution in [0.3, 0.4) is 0 Å². The molecule has 1 aromatic heterocycles. The second-order valence-corrected chi connectivity index (χ2v) is 6.20. The van der Waals surface area contributed by atoms with Crippen molar-refractivity contribution in [1.29, 1.82) is 0 Å². The van der Waals surface area contributed by atoms with Gasteiger partial charge in [-0.25, -0.2) is 9.48 Å². The summed E-state index contributed by atoms with van der Waals surface area (Å²) in [6, 6.07) is 5.62. The number of carbonyl (C=O) groups excluding carboxylic acids is 2. The molecule has 7 nitrogen and oxygen atoms in total. The van der Waals surface area contributed by atoms with E-state index < -0.39 is 41.3 Å². The van der Waals surface area contributed by atoms with Gasteiger partial charge in [-0.2, -0.15) is 18.3 Å². The summed E-state index contributed by atoms with van der Waals surface area (Å²) in [5.41, 5.74) is -2.76. The number of rotatable bonds is 7. The van der Waals surface area contributed by atoms with E-state index in [1.54, 1.807) is 0 Å². The van der Waals surface area contributed by atoms with Crippen LogP contribution in [0.25, 0.3) is 5.69 Å². The van der Waals surface area contributed by atoms with Crippen molar-refractivity contribution in [3.8, 4) is 5.69 Å². The van der Waals surface area contributed by atoms with Gasteiger partial charge in [0, 0.05) is 18.3 Å². The molecule has 1 amide bonds. The molecular weight excluding hydrogens is 391 g/mol. The smallest absolute Gasteiger partial charge is 0.418 e. The number of esters is 1. The Kier molecular flexibility index (Phi) is 7.13. The first kappa shape index (κ1) is 22.1. The van der Waals surface area contributed by atoms with E-state index in [1.165, 1.54) is 25.1 Å². The standard InChI is InChI=1S/C19H20F3N3O4/c1-3-4-9-23-16(27)11-29-18(28)17-15(26)10-12(2)25(24-17)14-8-6-5-7-13(14)19(20,21)22/h5-8,10H,3-4,9,11H2,1-2H3,(H,23,27). The van der Waals surface area contributed by atoms with E-state index in [0.717, 1.165) is 29.7 Å². The fourth-order valence-corrected chi connectivity index (χ4v) is 2.49. The Labute approximate surface area is 164 Å². The molecule has 0 aliphatic carbocycles. The predicted octanol–water partition coefficient (Wildman–Crippen LogP) is 2.63. The first-order valence-corrected chi connectivity index (χ1v) is 8.86. The molecule has 2 aromatic rings. The van der Waals surface area contributed by atoms with Crippen molar-refractivity contribution >= 4 is 11.9 Å². The molecule has 1 heterocycles. The van der Waals surface area contributed by atoms with Gasteiger partial charge in [-0.05, 0) is 25.5 Å². The summed E-state index contributed by atoms with van der Waals surface area (Å²) in [5.74, 6) is -1.75. The van der Waals surface area contributed by atoms with Crippen molar-refractivity contribution < 1.29 is 27.5 Å². The molecule has 0 aliphatic heterocycles. The molecule has 1 N–H and O–H groups in total. The number of halogens is 3. The molecule has 0 atom stereocenters. The van der Waals surface area contributed by atoms with Crippen molar-refractivity contribution in [3.63, 3.8) is 0 Å². The van der Waals surface area contributed by atoms with E-state index in [4.69, 9.17) is 4.74 Å². The minimum absolute atomic E-state index is 0.0977. The van der Waals surface area contributed by atoms with E-state index in [-0.39, 0.29) is 11.4 Å². The summed E-state index contributed by atoms with van der Waals surface area (Å²) in [4.78, 5) is 35.9. The molecule has 0 spiro atoms. The van der Waals surface area contributed by atoms with Gasteiger partial charge in [0.05, 0.1) is 11.3 Å². The Morgan fingerprint density at radius 3 is 2.59 bits per heavy atom. The molecule has 0 bridgehead atoms. The Morgan fingerprint density at radius 1 is 1.24 bits per heavy atom. The Balaban J connectivity index is 2.30. The van der Waals surface area contributed by atoms with Gasteiger partial charge >= 0.3 is 12.1 Å². The zero-order chi connectivity index (χ0) is 21.6. The van der Waals surface area contributed by atoms with Crippen LogP contribution in [0.15, 0.2) is 35.1 Å². The fourth-order valence-electron chi connectivity index (χ4n) is 2.49. The number of amides is 1. The quantitative estimate of drug-likeness (QED) is 0.559. The topological polar surface area (TPSA) is 90.3 Å². The van der Waals surface area contributed by atoms with Gasteiger partial charge in [0.25, 0.3) is 5.91 Å². The number of aromatic nitrogens is 2. The molecule has 0 saturated heterocycles. The number of hydrogen-bond acceptors (Lipinski definition) is 5. The van der Waals surface area contributed by atoms with E-state index in [0.29, 0.717) is 6.54 Å². The molecule has 10 heteroatoms. The summed E-state index contributed by atoms with van der Waals surface area (Å²) in [5, 5.41) is 6.30. The average Bonchev–Trinajstić information content (AvgIpc) is 2.66. The van der Waals surface area contributed by atoms with E-state index in [1.807, 2.05) is 6.92 Å². The van der Waals surface area contributed by atoms with Gasteiger partial charge in [0.15, 0.2) is 6.61 Å². The zero-order valence-electron chi connectivity index (χ0n) is 15.9. The number of nitrogens with zero attached hydrogens (tertiary/aromatic N) is 2. The lowest BCUT2D eigenvalue weighted by Crippen LogP contribution is -2.31. The summed E-state index contributed by atoms with van der Waals surface area (Å²) >= 11 is 0. The number of aryl methyl sites for hydroxylation is 1. The highest BCUT2D eigenvalue weighted by atomic mass is 19.4. The number of carbonyl (C=O) groups is 2. The van der Waals surface area contributed by atoms with Crippen molar-refractivity contribution in [2.24, 2.45) is 0 Å². The Morgan fingerprint density at radius 2 is 1.93 bits per heavy atom. The lowest BCUT2D eigenvalue weighted by Gasteiger charge is -2.16. The normalized spacial score (nSPS) is 11.2. The first-order chi connectivity index (χ1) is 13.6. The van der Waals surface area contributed by atoms with Gasteiger partial charge in [-0.1, -0.05) is 25.5 Å². The van der Waals surface area contributed by atoms with Crippen LogP contribution in [-0.4, -0.2) is 34.8 Å². The molecule has 0 unspecified atom stereocenters. The second kappa shape index (κ2) is 9.35. The number of alkyl halides is 3.